The van der Waals surface area contributed by atoms with Gasteiger partial charge in [0, 0.05) is 80.9 Å². The van der Waals surface area contributed by atoms with E-state index in [0.29, 0.717) is 19.3 Å². The molecule has 3 N–H and O–H groups in total. The predicted molar refractivity (Wildman–Crippen MR) is 379 cm³/mol. The Morgan fingerprint density at radius 1 is 0.604 bits per heavy atom. The number of nitrogens with one attached hydrogen (secondary N) is 3. The second-order valence-corrected chi connectivity index (χ2v) is 32.2. The van der Waals surface area contributed by atoms with Gasteiger partial charge >= 0.3 is 12.4 Å². The molecule has 3 aliphatic carbocycles. The molecule has 12 atom stereocenters. The molecule has 31 heteroatoms. The fraction of sp³-hybridized carbons (Fsp3) is 0.827. The standard InChI is InChI=1S/C75H119F8N11O12/c1-17-44(8)62-69(103)88(12)40-60(97)90(14)54-25-23-22-24-32-93(68(54)102)57(35-45-26-29-48(30-27-45)74(78,79)80)67(101)87(11)39-58(95)84-52(31-28-46-33-50(76)61(51(77)34-46)75(81,82)83)66(100)94-38-49(106-21-5)36-56(94)65(99)86-73(41-72(9,10)42-73)71(105)92(16)63(47(18-2)19-3)70(104)91(15)55(43(6)7)37-59(96)89(13)53(20-4)64(98)85-62/h22-23,43-57,61-63H,17-21,24-42H2,1-16H3,(H,84,95)(H,85,98)(H,86,99)/b23-22-/t44-,45?,46?,48?,49+,50?,51?,52-,53-,54-,55+,56-,57-,61?,62-,63-/m0/s1. The highest BCUT2D eigenvalue weighted by atomic mass is 19.4. The lowest BCUT2D eigenvalue weighted by Gasteiger charge is -2.54. The van der Waals surface area contributed by atoms with Crippen LogP contribution in [0.25, 0.3) is 0 Å². The predicted octanol–water partition coefficient (Wildman–Crippen LogP) is 8.16. The van der Waals surface area contributed by atoms with Crippen LogP contribution in [-0.2, 0) is 57.5 Å². The number of halogens is 8. The third-order valence-electron chi connectivity index (χ3n) is 23.7. The van der Waals surface area contributed by atoms with Gasteiger partial charge in [-0.05, 0) is 132 Å². The van der Waals surface area contributed by atoms with E-state index in [1.807, 2.05) is 41.5 Å². The maximum atomic E-state index is 15.7. The third-order valence-corrected chi connectivity index (χ3v) is 23.7. The Balaban J connectivity index is 1.48. The SMILES string of the molecule is CCO[C@@H]1C[C@H]2C(=O)NC3(CC(C)(C)C3)C(=O)N(C)[C@@H](C(CC)CC)C(=O)N(C)[C@@H](C(C)C)CC(=O)N(C)[C@@H](CC)C(=O)N[C@@H]([C@@H](C)CC)C(=O)N(C)CC(=O)N(C)[C@H]3C/C=C\CCN(C3=O)[C@@H](CC3CCC(C(F)(F)F)CC3)C(=O)N(C)CC(=O)N[C@@H](CCC3CC(F)C(C(F)(F)F)C(F)C3)C(=O)N2C1. The molecule has 3 aliphatic heterocycles. The van der Waals surface area contributed by atoms with Gasteiger partial charge in [0.25, 0.3) is 0 Å². The van der Waals surface area contributed by atoms with Gasteiger partial charge in [-0.3, -0.25) is 52.7 Å². The van der Waals surface area contributed by atoms with Crippen molar-refractivity contribution in [3.8, 4) is 0 Å². The van der Waals surface area contributed by atoms with Crippen molar-refractivity contribution in [2.45, 2.75) is 276 Å². The van der Waals surface area contributed by atoms with Crippen molar-refractivity contribution in [2.75, 3.05) is 75.1 Å². The lowest BCUT2D eigenvalue weighted by atomic mass is 9.58. The van der Waals surface area contributed by atoms with Crippen molar-refractivity contribution < 1.29 is 92.6 Å². The molecule has 2 bridgehead atoms. The van der Waals surface area contributed by atoms with E-state index in [1.165, 1.54) is 54.8 Å². The molecule has 0 aromatic heterocycles. The molecule has 11 amide bonds. The highest BCUT2D eigenvalue weighted by Gasteiger charge is 2.60. The maximum Gasteiger partial charge on any atom is 0.397 e. The number of carbonyl (C=O) groups excluding carboxylic acids is 11. The Kier molecular flexibility index (Phi) is 30.9. The van der Waals surface area contributed by atoms with Crippen LogP contribution in [0.2, 0.25) is 0 Å². The molecule has 0 aromatic carbocycles. The Hall–Kier alpha value is -6.69. The Bertz CT molecular complexity index is 3110. The van der Waals surface area contributed by atoms with Crippen molar-refractivity contribution in [1.29, 1.82) is 0 Å². The maximum absolute atomic E-state index is 15.7. The van der Waals surface area contributed by atoms with Crippen LogP contribution in [0, 0.1) is 46.8 Å². The van der Waals surface area contributed by atoms with E-state index in [0.717, 1.165) is 19.6 Å². The molecule has 106 heavy (non-hydrogen) atoms. The summed E-state index contributed by atoms with van der Waals surface area (Å²) >= 11 is 0. The number of ether oxygens (including phenoxy) is 1. The van der Waals surface area contributed by atoms with Gasteiger partial charge in [0.2, 0.25) is 65.0 Å². The summed E-state index contributed by atoms with van der Waals surface area (Å²) in [7, 11) is 8.37. The van der Waals surface area contributed by atoms with Crippen LogP contribution in [-0.4, -0.2) is 264 Å². The van der Waals surface area contributed by atoms with E-state index in [4.69, 9.17) is 4.74 Å². The first-order chi connectivity index (χ1) is 49.4. The quantitative estimate of drug-likeness (QED) is 0.110. The van der Waals surface area contributed by atoms with Gasteiger partial charge in [0.1, 0.15) is 66.1 Å². The van der Waals surface area contributed by atoms with Gasteiger partial charge < -0.3 is 59.9 Å². The summed E-state index contributed by atoms with van der Waals surface area (Å²) in [5, 5.41) is 8.50. The molecular formula is C75H119F8N11O12. The lowest BCUT2D eigenvalue weighted by Crippen LogP contribution is -2.71. The van der Waals surface area contributed by atoms with Crippen LogP contribution in [0.5, 0.6) is 0 Å². The molecule has 3 saturated carbocycles. The summed E-state index contributed by atoms with van der Waals surface area (Å²) in [5.74, 6) is -15.7. The molecule has 5 fully saturated rings. The molecule has 1 spiro atoms. The minimum absolute atomic E-state index is 0.00455. The smallest absolute Gasteiger partial charge is 0.377 e. The molecule has 0 radical (unpaired) electrons. The van der Waals surface area contributed by atoms with Gasteiger partial charge in [-0.15, -0.1) is 0 Å². The minimum atomic E-state index is -5.21. The lowest BCUT2D eigenvalue weighted by molar-refractivity contribution is -0.219. The summed E-state index contributed by atoms with van der Waals surface area (Å²) in [4.78, 5) is 176. The van der Waals surface area contributed by atoms with E-state index >= 15 is 37.5 Å². The molecule has 6 rings (SSSR count). The molecular weight excluding hydrogens is 1400 g/mol. The average molecular weight is 1520 g/mol. The number of hydrogen-bond acceptors (Lipinski definition) is 12. The van der Waals surface area contributed by atoms with E-state index in [2.05, 4.69) is 16.0 Å². The Labute approximate surface area is 620 Å². The van der Waals surface area contributed by atoms with Crippen molar-refractivity contribution in [3.05, 3.63) is 12.2 Å². The zero-order valence-corrected chi connectivity index (χ0v) is 65.0. The molecule has 602 valence electrons. The normalized spacial score (nSPS) is 32.1. The summed E-state index contributed by atoms with van der Waals surface area (Å²) in [6.07, 6.45) is -14.5. The van der Waals surface area contributed by atoms with Crippen molar-refractivity contribution in [1.82, 2.24) is 55.1 Å². The summed E-state index contributed by atoms with van der Waals surface area (Å²) in [6.45, 7) is 16.2. The minimum Gasteiger partial charge on any atom is -0.377 e. The van der Waals surface area contributed by atoms with E-state index in [9.17, 15) is 50.3 Å². The average Bonchev–Trinajstić information content (AvgIpc) is 0.863. The number of likely N-dealkylation sites (N-methyl/N-ethyl adjacent to an activating group) is 6. The van der Waals surface area contributed by atoms with Crippen LogP contribution < -0.4 is 16.0 Å². The summed E-state index contributed by atoms with van der Waals surface area (Å²) in [6, 6.07) is -10.3. The van der Waals surface area contributed by atoms with Crippen molar-refractivity contribution in [3.63, 3.8) is 0 Å². The Morgan fingerprint density at radius 3 is 1.75 bits per heavy atom. The van der Waals surface area contributed by atoms with Crippen LogP contribution in [0.3, 0.4) is 0 Å². The molecule has 23 nitrogen and oxygen atoms in total. The number of amides is 11. The van der Waals surface area contributed by atoms with E-state index in [-0.39, 0.29) is 109 Å². The topological polar surface area (TPSA) is 259 Å². The zero-order valence-electron chi connectivity index (χ0n) is 65.0. The van der Waals surface area contributed by atoms with Crippen LogP contribution in [0.15, 0.2) is 12.2 Å². The first-order valence-corrected chi connectivity index (χ1v) is 38.2. The van der Waals surface area contributed by atoms with E-state index < -0.39 is 223 Å². The number of fused-ring (bicyclic) bond motifs is 3. The Morgan fingerprint density at radius 2 is 1.21 bits per heavy atom. The van der Waals surface area contributed by atoms with Crippen LogP contribution in [0.4, 0.5) is 35.1 Å². The van der Waals surface area contributed by atoms with E-state index in [1.54, 1.807) is 46.9 Å². The monoisotopic (exact) mass is 1520 g/mol. The summed E-state index contributed by atoms with van der Waals surface area (Å²) in [5.41, 5.74) is -2.26. The number of nitrogens with zero attached hydrogens (tertiary/aromatic N) is 8. The van der Waals surface area contributed by atoms with Gasteiger partial charge in [0.15, 0.2) is 0 Å². The second-order valence-electron chi connectivity index (χ2n) is 32.2. The fourth-order valence-electron chi connectivity index (χ4n) is 17.3. The van der Waals surface area contributed by atoms with Crippen molar-refractivity contribution >= 4 is 65.0 Å². The molecule has 2 saturated heterocycles. The first-order valence-electron chi connectivity index (χ1n) is 38.2. The van der Waals surface area contributed by atoms with Crippen LogP contribution in [0.1, 0.15) is 191 Å². The van der Waals surface area contributed by atoms with Crippen LogP contribution >= 0.6 is 0 Å². The molecule has 3 heterocycles. The van der Waals surface area contributed by atoms with Gasteiger partial charge in [-0.1, -0.05) is 93.7 Å². The van der Waals surface area contributed by atoms with Gasteiger partial charge in [0.05, 0.1) is 25.1 Å². The number of carbonyl (C=O) groups is 11. The molecule has 2 unspecified atom stereocenters. The number of rotatable bonds is 14. The fourth-order valence-corrected chi connectivity index (χ4v) is 17.3. The zero-order chi connectivity index (χ0) is 79.6. The highest BCUT2D eigenvalue weighted by Crippen LogP contribution is 2.50. The second kappa shape index (κ2) is 37.1. The largest absolute Gasteiger partial charge is 0.397 e. The van der Waals surface area contributed by atoms with Crippen molar-refractivity contribution in [2.24, 2.45) is 46.8 Å². The van der Waals surface area contributed by atoms with Gasteiger partial charge in [-0.25, -0.2) is 8.78 Å². The number of hydrogen-bond donors (Lipinski definition) is 3. The molecule has 6 aliphatic rings. The third kappa shape index (κ3) is 21.2. The summed E-state index contributed by atoms with van der Waals surface area (Å²) < 4.78 is 121. The first kappa shape index (κ1) is 88.2. The number of alkyl halides is 8. The van der Waals surface area contributed by atoms with Gasteiger partial charge in [-0.2, -0.15) is 26.3 Å². The molecule has 0 aromatic rings. The highest BCUT2D eigenvalue weighted by molar-refractivity contribution is 6.00.